The summed E-state index contributed by atoms with van der Waals surface area (Å²) >= 11 is 0. The zero-order valence-electron chi connectivity index (χ0n) is 14.3. The molecule has 2 N–H and O–H groups in total. The predicted octanol–water partition coefficient (Wildman–Crippen LogP) is 2.26. The summed E-state index contributed by atoms with van der Waals surface area (Å²) in [6.45, 7) is 1.83. The van der Waals surface area contributed by atoms with E-state index in [0.29, 0.717) is 19.6 Å². The maximum absolute atomic E-state index is 12.3. The Morgan fingerprint density at radius 3 is 3.08 bits per heavy atom. The lowest BCUT2D eigenvalue weighted by molar-refractivity contribution is -0.126. The standard InChI is InChI=1S/C19H23N3O3/c1-24-17-6-5-14-10-15(13-25-18(14)11-17)19(23)22-9-3-8-21-16-4-2-7-20-12-16/h2,4-7,11-12,15,21H,3,8-10,13H2,1H3,(H,22,23)/t15-/m0/s1. The molecule has 1 atom stereocenters. The first-order valence-electron chi connectivity index (χ1n) is 8.47. The van der Waals surface area contributed by atoms with Crippen molar-refractivity contribution in [2.75, 3.05) is 32.1 Å². The summed E-state index contributed by atoms with van der Waals surface area (Å²) in [5.74, 6) is 1.47. The molecule has 25 heavy (non-hydrogen) atoms. The highest BCUT2D eigenvalue weighted by atomic mass is 16.5. The average Bonchev–Trinajstić information content (AvgIpc) is 2.67. The normalized spacial score (nSPS) is 15.6. The Morgan fingerprint density at radius 1 is 1.36 bits per heavy atom. The van der Waals surface area contributed by atoms with E-state index < -0.39 is 0 Å². The Kier molecular flexibility index (Phi) is 5.72. The average molecular weight is 341 g/mol. The Balaban J connectivity index is 1.40. The monoisotopic (exact) mass is 341 g/mol. The highest BCUT2D eigenvalue weighted by Gasteiger charge is 2.25. The van der Waals surface area contributed by atoms with Crippen LogP contribution in [-0.4, -0.2) is 37.7 Å². The number of hydrogen-bond donors (Lipinski definition) is 2. The molecular weight excluding hydrogens is 318 g/mol. The van der Waals surface area contributed by atoms with E-state index in [0.717, 1.165) is 35.7 Å². The van der Waals surface area contributed by atoms with Gasteiger partial charge in [-0.1, -0.05) is 6.07 Å². The molecule has 1 aliphatic rings. The van der Waals surface area contributed by atoms with Crippen molar-refractivity contribution >= 4 is 11.6 Å². The molecule has 0 fully saturated rings. The molecule has 0 radical (unpaired) electrons. The number of carbonyl (C=O) groups is 1. The van der Waals surface area contributed by atoms with Gasteiger partial charge in [-0.3, -0.25) is 9.78 Å². The molecule has 1 aliphatic heterocycles. The van der Waals surface area contributed by atoms with Gasteiger partial charge in [-0.25, -0.2) is 0 Å². The van der Waals surface area contributed by atoms with E-state index in [2.05, 4.69) is 15.6 Å². The largest absolute Gasteiger partial charge is 0.497 e. The van der Waals surface area contributed by atoms with Gasteiger partial charge in [0.2, 0.25) is 5.91 Å². The zero-order valence-corrected chi connectivity index (χ0v) is 14.3. The van der Waals surface area contributed by atoms with Crippen LogP contribution < -0.4 is 20.1 Å². The summed E-state index contributed by atoms with van der Waals surface area (Å²) in [6.07, 6.45) is 5.07. The third kappa shape index (κ3) is 4.62. The number of fused-ring (bicyclic) bond motifs is 1. The SMILES string of the molecule is COc1ccc2c(c1)OC[C@@H](C(=O)NCCCNc1cccnc1)C2. The molecule has 6 nitrogen and oxygen atoms in total. The molecule has 0 saturated carbocycles. The number of amides is 1. The van der Waals surface area contributed by atoms with Gasteiger partial charge < -0.3 is 20.1 Å². The Bertz CT molecular complexity index is 706. The van der Waals surface area contributed by atoms with Gasteiger partial charge in [0.1, 0.15) is 18.1 Å². The summed E-state index contributed by atoms with van der Waals surface area (Å²) < 4.78 is 10.9. The molecule has 2 aromatic rings. The van der Waals surface area contributed by atoms with Crippen molar-refractivity contribution < 1.29 is 14.3 Å². The van der Waals surface area contributed by atoms with E-state index in [4.69, 9.17) is 9.47 Å². The van der Waals surface area contributed by atoms with Crippen LogP contribution in [0.1, 0.15) is 12.0 Å². The van der Waals surface area contributed by atoms with Gasteiger partial charge in [0, 0.05) is 31.5 Å². The first kappa shape index (κ1) is 17.1. The number of ether oxygens (including phenoxy) is 2. The third-order valence-corrected chi connectivity index (χ3v) is 4.19. The fraction of sp³-hybridized carbons (Fsp3) is 0.368. The Morgan fingerprint density at radius 2 is 2.28 bits per heavy atom. The van der Waals surface area contributed by atoms with Gasteiger partial charge in [-0.15, -0.1) is 0 Å². The summed E-state index contributed by atoms with van der Waals surface area (Å²) in [4.78, 5) is 16.4. The second-order valence-electron chi connectivity index (χ2n) is 6.00. The summed E-state index contributed by atoms with van der Waals surface area (Å²) in [7, 11) is 1.63. The fourth-order valence-corrected chi connectivity index (χ4v) is 2.79. The number of rotatable bonds is 7. The van der Waals surface area contributed by atoms with E-state index in [1.165, 1.54) is 0 Å². The molecule has 1 aromatic heterocycles. The predicted molar refractivity (Wildman–Crippen MR) is 96.0 cm³/mol. The van der Waals surface area contributed by atoms with Crippen molar-refractivity contribution in [2.24, 2.45) is 5.92 Å². The summed E-state index contributed by atoms with van der Waals surface area (Å²) in [6, 6.07) is 9.59. The smallest absolute Gasteiger partial charge is 0.226 e. The summed E-state index contributed by atoms with van der Waals surface area (Å²) in [5, 5.41) is 6.26. The first-order chi connectivity index (χ1) is 12.3. The number of carbonyl (C=O) groups excluding carboxylic acids is 1. The number of nitrogens with zero attached hydrogens (tertiary/aromatic N) is 1. The van der Waals surface area contributed by atoms with E-state index in [1.54, 1.807) is 19.5 Å². The van der Waals surface area contributed by atoms with Gasteiger partial charge in [-0.05, 0) is 36.6 Å². The van der Waals surface area contributed by atoms with E-state index in [1.807, 2.05) is 30.3 Å². The molecule has 6 heteroatoms. The van der Waals surface area contributed by atoms with Crippen LogP contribution >= 0.6 is 0 Å². The lowest BCUT2D eigenvalue weighted by atomic mass is 9.96. The van der Waals surface area contributed by atoms with Gasteiger partial charge in [0.05, 0.1) is 18.7 Å². The van der Waals surface area contributed by atoms with Crippen LogP contribution in [0.5, 0.6) is 11.5 Å². The van der Waals surface area contributed by atoms with E-state index in [-0.39, 0.29) is 11.8 Å². The van der Waals surface area contributed by atoms with E-state index in [9.17, 15) is 4.79 Å². The number of nitrogens with one attached hydrogen (secondary N) is 2. The number of hydrogen-bond acceptors (Lipinski definition) is 5. The lowest BCUT2D eigenvalue weighted by Gasteiger charge is -2.25. The first-order valence-corrected chi connectivity index (χ1v) is 8.47. The van der Waals surface area contributed by atoms with Gasteiger partial charge >= 0.3 is 0 Å². The molecule has 1 aromatic carbocycles. The van der Waals surface area contributed by atoms with Crippen molar-refractivity contribution in [3.63, 3.8) is 0 Å². The maximum atomic E-state index is 12.3. The summed E-state index contributed by atoms with van der Waals surface area (Å²) in [5.41, 5.74) is 2.03. The van der Waals surface area contributed by atoms with Crippen molar-refractivity contribution in [1.29, 1.82) is 0 Å². The molecule has 132 valence electrons. The number of benzene rings is 1. The van der Waals surface area contributed by atoms with E-state index >= 15 is 0 Å². The van der Waals surface area contributed by atoms with Gasteiger partial charge in [0.15, 0.2) is 0 Å². The minimum absolute atomic E-state index is 0.0443. The third-order valence-electron chi connectivity index (χ3n) is 4.19. The molecule has 0 aliphatic carbocycles. The molecular formula is C19H23N3O3. The molecule has 3 rings (SSSR count). The van der Waals surface area contributed by atoms with Crippen LogP contribution in [0.25, 0.3) is 0 Å². The van der Waals surface area contributed by atoms with Crippen LogP contribution in [0, 0.1) is 5.92 Å². The van der Waals surface area contributed by atoms with Crippen LogP contribution in [0.15, 0.2) is 42.7 Å². The number of methoxy groups -OCH3 is 1. The molecule has 0 spiro atoms. The molecule has 0 unspecified atom stereocenters. The number of pyridine rings is 1. The van der Waals surface area contributed by atoms with Crippen molar-refractivity contribution in [1.82, 2.24) is 10.3 Å². The van der Waals surface area contributed by atoms with Crippen molar-refractivity contribution in [3.05, 3.63) is 48.3 Å². The topological polar surface area (TPSA) is 72.5 Å². The zero-order chi connectivity index (χ0) is 17.5. The molecule has 1 amide bonds. The van der Waals surface area contributed by atoms with Gasteiger partial charge in [-0.2, -0.15) is 0 Å². The minimum Gasteiger partial charge on any atom is -0.497 e. The van der Waals surface area contributed by atoms with Crippen molar-refractivity contribution in [3.8, 4) is 11.5 Å². The van der Waals surface area contributed by atoms with Crippen LogP contribution in [0.2, 0.25) is 0 Å². The fourth-order valence-electron chi connectivity index (χ4n) is 2.79. The Hall–Kier alpha value is -2.76. The second kappa shape index (κ2) is 8.37. The van der Waals surface area contributed by atoms with Crippen molar-refractivity contribution in [2.45, 2.75) is 12.8 Å². The quantitative estimate of drug-likeness (QED) is 0.756. The highest BCUT2D eigenvalue weighted by Crippen LogP contribution is 2.30. The molecule has 0 saturated heterocycles. The van der Waals surface area contributed by atoms with Crippen LogP contribution in [-0.2, 0) is 11.2 Å². The van der Waals surface area contributed by atoms with Crippen LogP contribution in [0.4, 0.5) is 5.69 Å². The molecule has 0 bridgehead atoms. The number of aromatic nitrogens is 1. The highest BCUT2D eigenvalue weighted by molar-refractivity contribution is 5.79. The molecule has 2 heterocycles. The lowest BCUT2D eigenvalue weighted by Crippen LogP contribution is -2.38. The second-order valence-corrected chi connectivity index (χ2v) is 6.00. The van der Waals surface area contributed by atoms with Crippen LogP contribution in [0.3, 0.4) is 0 Å². The maximum Gasteiger partial charge on any atom is 0.226 e. The van der Waals surface area contributed by atoms with Gasteiger partial charge in [0.25, 0.3) is 0 Å². The minimum atomic E-state index is -0.146. The Labute approximate surface area is 147 Å². The number of anilines is 1.